The third kappa shape index (κ3) is 7.02. The summed E-state index contributed by atoms with van der Waals surface area (Å²) < 4.78 is 0. The van der Waals surface area contributed by atoms with Crippen LogP contribution in [0.25, 0.3) is 0 Å². The number of guanidine groups is 1. The zero-order valence-electron chi connectivity index (χ0n) is 19.2. The van der Waals surface area contributed by atoms with Crippen LogP contribution in [0.5, 0.6) is 0 Å². The highest BCUT2D eigenvalue weighted by atomic mass is 127. The van der Waals surface area contributed by atoms with Crippen molar-refractivity contribution in [2.45, 2.75) is 38.6 Å². The molecule has 0 atom stereocenters. The van der Waals surface area contributed by atoms with E-state index < -0.39 is 0 Å². The van der Waals surface area contributed by atoms with Gasteiger partial charge in [0, 0.05) is 63.8 Å². The fourth-order valence-corrected chi connectivity index (χ4v) is 4.45. The molecule has 1 amide bonds. The van der Waals surface area contributed by atoms with Crippen molar-refractivity contribution < 1.29 is 4.79 Å². The third-order valence-electron chi connectivity index (χ3n) is 6.25. The molecule has 1 saturated heterocycles. The van der Waals surface area contributed by atoms with Crippen LogP contribution >= 0.6 is 24.0 Å². The van der Waals surface area contributed by atoms with E-state index in [0.29, 0.717) is 6.54 Å². The van der Waals surface area contributed by atoms with E-state index in [-0.39, 0.29) is 35.8 Å². The first kappa shape index (κ1) is 25.2. The lowest BCUT2D eigenvalue weighted by Gasteiger charge is -2.36. The molecular formula is C24H34IN7O. The number of nitrogens with zero attached hydrogens (tertiary/aromatic N) is 5. The van der Waals surface area contributed by atoms with Crippen LogP contribution in [0, 0.1) is 5.92 Å². The Labute approximate surface area is 213 Å². The van der Waals surface area contributed by atoms with Crippen LogP contribution in [0.3, 0.4) is 0 Å². The second-order valence-electron chi connectivity index (χ2n) is 8.45. The van der Waals surface area contributed by atoms with Gasteiger partial charge in [0.1, 0.15) is 0 Å². The van der Waals surface area contributed by atoms with Crippen LogP contribution in [0.4, 0.5) is 11.6 Å². The van der Waals surface area contributed by atoms with Crippen molar-refractivity contribution in [1.82, 2.24) is 20.2 Å². The summed E-state index contributed by atoms with van der Waals surface area (Å²) in [7, 11) is 1.82. The summed E-state index contributed by atoms with van der Waals surface area (Å²) in [6, 6.07) is 9.91. The SMILES string of the molecule is CN=C(NCc1cccc(NC(=O)C2CCCCC2)c1)N1CCN(c2ncccn2)CC1.I. The lowest BCUT2D eigenvalue weighted by Crippen LogP contribution is -2.52. The van der Waals surface area contributed by atoms with Gasteiger partial charge in [-0.05, 0) is 36.6 Å². The van der Waals surface area contributed by atoms with E-state index in [1.54, 1.807) is 12.4 Å². The first-order chi connectivity index (χ1) is 15.7. The van der Waals surface area contributed by atoms with Gasteiger partial charge in [-0.15, -0.1) is 24.0 Å². The number of nitrogens with one attached hydrogen (secondary N) is 2. The molecule has 33 heavy (non-hydrogen) atoms. The molecule has 2 heterocycles. The van der Waals surface area contributed by atoms with Gasteiger partial charge < -0.3 is 20.4 Å². The van der Waals surface area contributed by atoms with E-state index in [4.69, 9.17) is 0 Å². The van der Waals surface area contributed by atoms with Gasteiger partial charge >= 0.3 is 0 Å². The molecule has 178 valence electrons. The zero-order valence-corrected chi connectivity index (χ0v) is 21.6. The van der Waals surface area contributed by atoms with Crippen LogP contribution in [0.1, 0.15) is 37.7 Å². The number of rotatable bonds is 5. The van der Waals surface area contributed by atoms with E-state index >= 15 is 0 Å². The minimum atomic E-state index is 0. The Morgan fingerprint density at radius 2 is 1.79 bits per heavy atom. The summed E-state index contributed by atoms with van der Waals surface area (Å²) in [5.74, 6) is 1.98. The number of hydrogen-bond donors (Lipinski definition) is 2. The van der Waals surface area contributed by atoms with Crippen LogP contribution in [-0.2, 0) is 11.3 Å². The largest absolute Gasteiger partial charge is 0.352 e. The summed E-state index contributed by atoms with van der Waals surface area (Å²) in [4.78, 5) is 30.2. The number of halogens is 1. The maximum atomic E-state index is 12.6. The summed E-state index contributed by atoms with van der Waals surface area (Å²) in [6.07, 6.45) is 9.14. The van der Waals surface area contributed by atoms with Gasteiger partial charge in [0.15, 0.2) is 5.96 Å². The third-order valence-corrected chi connectivity index (χ3v) is 6.25. The predicted molar refractivity (Wildman–Crippen MR) is 143 cm³/mol. The fourth-order valence-electron chi connectivity index (χ4n) is 4.45. The molecular weight excluding hydrogens is 529 g/mol. The molecule has 4 rings (SSSR count). The number of aromatic nitrogens is 2. The van der Waals surface area contributed by atoms with Crippen molar-refractivity contribution in [1.29, 1.82) is 0 Å². The molecule has 1 aromatic heterocycles. The molecule has 0 radical (unpaired) electrons. The number of benzene rings is 1. The minimum Gasteiger partial charge on any atom is -0.352 e. The van der Waals surface area contributed by atoms with Gasteiger partial charge in [-0.3, -0.25) is 9.79 Å². The topological polar surface area (TPSA) is 85.8 Å². The monoisotopic (exact) mass is 563 g/mol. The second kappa shape index (κ2) is 12.7. The van der Waals surface area contributed by atoms with E-state index in [2.05, 4.69) is 41.5 Å². The molecule has 0 bridgehead atoms. The van der Waals surface area contributed by atoms with Gasteiger partial charge in [-0.2, -0.15) is 0 Å². The van der Waals surface area contributed by atoms with Crippen LogP contribution in [0.2, 0.25) is 0 Å². The van der Waals surface area contributed by atoms with Gasteiger partial charge in [-0.25, -0.2) is 9.97 Å². The van der Waals surface area contributed by atoms with E-state index in [1.807, 2.05) is 31.3 Å². The molecule has 2 aromatic rings. The Hall–Kier alpha value is -2.43. The molecule has 9 heteroatoms. The number of carbonyl (C=O) groups excluding carboxylic acids is 1. The highest BCUT2D eigenvalue weighted by molar-refractivity contribution is 14.0. The first-order valence-corrected chi connectivity index (χ1v) is 11.6. The predicted octanol–water partition coefficient (Wildman–Crippen LogP) is 3.51. The quantitative estimate of drug-likeness (QED) is 0.329. The Balaban J connectivity index is 0.00000306. The van der Waals surface area contributed by atoms with Crippen molar-refractivity contribution in [3.8, 4) is 0 Å². The number of anilines is 2. The smallest absolute Gasteiger partial charge is 0.227 e. The number of hydrogen-bond acceptors (Lipinski definition) is 5. The average Bonchev–Trinajstić information content (AvgIpc) is 2.86. The highest BCUT2D eigenvalue weighted by Gasteiger charge is 2.22. The van der Waals surface area contributed by atoms with Crippen LogP contribution < -0.4 is 15.5 Å². The number of carbonyl (C=O) groups is 1. The van der Waals surface area contributed by atoms with E-state index in [0.717, 1.165) is 75.0 Å². The maximum Gasteiger partial charge on any atom is 0.227 e. The summed E-state index contributed by atoms with van der Waals surface area (Å²) in [6.45, 7) is 4.08. The Morgan fingerprint density at radius 3 is 2.48 bits per heavy atom. The number of piperazine rings is 1. The van der Waals surface area contributed by atoms with Gasteiger partial charge in [0.2, 0.25) is 11.9 Å². The van der Waals surface area contributed by atoms with Crippen molar-refractivity contribution in [2.75, 3.05) is 43.4 Å². The van der Waals surface area contributed by atoms with Crippen LogP contribution in [-0.4, -0.2) is 60.0 Å². The van der Waals surface area contributed by atoms with Crippen LogP contribution in [0.15, 0.2) is 47.7 Å². The Kier molecular flexibility index (Phi) is 9.71. The maximum absolute atomic E-state index is 12.6. The Morgan fingerprint density at radius 1 is 1.06 bits per heavy atom. The lowest BCUT2D eigenvalue weighted by atomic mass is 9.88. The molecule has 0 unspecified atom stereocenters. The van der Waals surface area contributed by atoms with E-state index in [9.17, 15) is 4.79 Å². The molecule has 1 aromatic carbocycles. The molecule has 0 spiro atoms. The second-order valence-corrected chi connectivity index (χ2v) is 8.45. The Bertz CT molecular complexity index is 910. The number of amides is 1. The molecule has 1 saturated carbocycles. The lowest BCUT2D eigenvalue weighted by molar-refractivity contribution is -0.120. The molecule has 2 N–H and O–H groups in total. The first-order valence-electron chi connectivity index (χ1n) is 11.6. The molecule has 2 aliphatic rings. The summed E-state index contributed by atoms with van der Waals surface area (Å²) in [5, 5.41) is 6.58. The van der Waals surface area contributed by atoms with Crippen molar-refractivity contribution in [3.63, 3.8) is 0 Å². The van der Waals surface area contributed by atoms with Crippen molar-refractivity contribution in [2.24, 2.45) is 10.9 Å². The molecule has 2 fully saturated rings. The molecule has 1 aliphatic heterocycles. The van der Waals surface area contributed by atoms with Gasteiger partial charge in [0.25, 0.3) is 0 Å². The zero-order chi connectivity index (χ0) is 22.2. The summed E-state index contributed by atoms with van der Waals surface area (Å²) in [5.41, 5.74) is 1.98. The van der Waals surface area contributed by atoms with Crippen molar-refractivity contribution in [3.05, 3.63) is 48.3 Å². The fraction of sp³-hybridized carbons (Fsp3) is 0.500. The number of aliphatic imine (C=N–C) groups is 1. The van der Waals surface area contributed by atoms with Crippen molar-refractivity contribution >= 4 is 47.5 Å². The minimum absolute atomic E-state index is 0. The average molecular weight is 563 g/mol. The molecule has 1 aliphatic carbocycles. The molecule has 8 nitrogen and oxygen atoms in total. The standard InChI is InChI=1S/C24H33N7O.HI/c1-25-23(30-13-15-31(16-14-30)24-26-11-6-12-27-24)28-18-19-7-5-10-21(17-19)29-22(32)20-8-3-2-4-9-20;/h5-7,10-12,17,20H,2-4,8-9,13-16,18H2,1H3,(H,25,28)(H,29,32);1H. The highest BCUT2D eigenvalue weighted by Crippen LogP contribution is 2.25. The normalized spacial score (nSPS) is 17.3. The summed E-state index contributed by atoms with van der Waals surface area (Å²) >= 11 is 0. The van der Waals surface area contributed by atoms with E-state index in [1.165, 1.54) is 6.42 Å². The van der Waals surface area contributed by atoms with Gasteiger partial charge in [0.05, 0.1) is 0 Å². The van der Waals surface area contributed by atoms with Gasteiger partial charge in [-0.1, -0.05) is 31.4 Å².